The number of nitrogens with zero attached hydrogens (tertiary/aromatic N) is 2. The number of sulfone groups is 1. The van der Waals surface area contributed by atoms with Crippen molar-refractivity contribution in [1.29, 1.82) is 10.5 Å². The SMILES string of the molecule is N#CC1(C#N)C(c2ccc(F)cc2)C1S(=O)(=O)c1ccc(Cl)cc1. The van der Waals surface area contributed by atoms with Crippen LogP contribution in [0.4, 0.5) is 4.39 Å². The highest BCUT2D eigenvalue weighted by molar-refractivity contribution is 7.92. The average molecular weight is 361 g/mol. The van der Waals surface area contributed by atoms with Gasteiger partial charge in [-0.2, -0.15) is 10.5 Å². The summed E-state index contributed by atoms with van der Waals surface area (Å²) in [5.74, 6) is -1.30. The molecule has 1 fully saturated rings. The quantitative estimate of drug-likeness (QED) is 0.839. The lowest BCUT2D eigenvalue weighted by Crippen LogP contribution is -2.14. The molecule has 7 heteroatoms. The van der Waals surface area contributed by atoms with Gasteiger partial charge in [0.1, 0.15) is 11.1 Å². The summed E-state index contributed by atoms with van der Waals surface area (Å²) < 4.78 is 38.8. The van der Waals surface area contributed by atoms with E-state index in [1.54, 1.807) is 0 Å². The van der Waals surface area contributed by atoms with Crippen molar-refractivity contribution in [3.05, 3.63) is 64.9 Å². The Bertz CT molecular complexity index is 959. The Morgan fingerprint density at radius 2 is 1.54 bits per heavy atom. The van der Waals surface area contributed by atoms with E-state index in [-0.39, 0.29) is 4.90 Å². The van der Waals surface area contributed by atoms with E-state index in [4.69, 9.17) is 11.6 Å². The van der Waals surface area contributed by atoms with Crippen molar-refractivity contribution in [3.63, 3.8) is 0 Å². The van der Waals surface area contributed by atoms with Gasteiger partial charge in [-0.3, -0.25) is 0 Å². The van der Waals surface area contributed by atoms with Crippen LogP contribution in [0.15, 0.2) is 53.4 Å². The first-order valence-corrected chi connectivity index (χ1v) is 8.86. The van der Waals surface area contributed by atoms with Crippen LogP contribution in [-0.4, -0.2) is 13.7 Å². The highest BCUT2D eigenvalue weighted by Gasteiger charge is 2.73. The molecule has 0 N–H and O–H groups in total. The fourth-order valence-electron chi connectivity index (χ4n) is 2.95. The maximum atomic E-state index is 13.1. The van der Waals surface area contributed by atoms with Gasteiger partial charge in [0.2, 0.25) is 0 Å². The van der Waals surface area contributed by atoms with Gasteiger partial charge in [-0.1, -0.05) is 23.7 Å². The monoisotopic (exact) mass is 360 g/mol. The first-order chi connectivity index (χ1) is 11.4. The third kappa shape index (κ3) is 2.36. The molecule has 1 aliphatic carbocycles. The van der Waals surface area contributed by atoms with Crippen LogP contribution in [0, 0.1) is 33.9 Å². The van der Waals surface area contributed by atoms with Gasteiger partial charge < -0.3 is 0 Å². The van der Waals surface area contributed by atoms with Gasteiger partial charge in [0, 0.05) is 10.9 Å². The average Bonchev–Trinajstić information content (AvgIpc) is 3.26. The first-order valence-electron chi connectivity index (χ1n) is 6.94. The lowest BCUT2D eigenvalue weighted by molar-refractivity contribution is 0.591. The van der Waals surface area contributed by atoms with Gasteiger partial charge in [-0.15, -0.1) is 0 Å². The van der Waals surface area contributed by atoms with Gasteiger partial charge in [0.15, 0.2) is 15.3 Å². The largest absolute Gasteiger partial charge is 0.223 e. The van der Waals surface area contributed by atoms with Crippen LogP contribution in [0.25, 0.3) is 0 Å². The minimum Gasteiger partial charge on any atom is -0.223 e. The number of rotatable bonds is 3. The molecule has 4 nitrogen and oxygen atoms in total. The predicted molar refractivity (Wildman–Crippen MR) is 85.2 cm³/mol. The molecule has 0 aromatic heterocycles. The topological polar surface area (TPSA) is 81.7 Å². The molecule has 2 aromatic rings. The molecular weight excluding hydrogens is 351 g/mol. The zero-order chi connectivity index (χ0) is 17.5. The van der Waals surface area contributed by atoms with Crippen molar-refractivity contribution in [2.75, 3.05) is 0 Å². The van der Waals surface area contributed by atoms with Gasteiger partial charge >= 0.3 is 0 Å². The number of hydrogen-bond donors (Lipinski definition) is 0. The molecule has 2 aromatic carbocycles. The maximum absolute atomic E-state index is 13.1. The van der Waals surface area contributed by atoms with E-state index < -0.39 is 32.2 Å². The molecule has 0 bridgehead atoms. The van der Waals surface area contributed by atoms with E-state index in [0.29, 0.717) is 10.6 Å². The Balaban J connectivity index is 2.09. The smallest absolute Gasteiger partial charge is 0.184 e. The summed E-state index contributed by atoms with van der Waals surface area (Å²) >= 11 is 5.77. The molecule has 1 saturated carbocycles. The summed E-state index contributed by atoms with van der Waals surface area (Å²) in [4.78, 5) is -0.00335. The Kier molecular flexibility index (Phi) is 3.83. The maximum Gasteiger partial charge on any atom is 0.184 e. The molecule has 2 atom stereocenters. The van der Waals surface area contributed by atoms with Crippen molar-refractivity contribution in [2.24, 2.45) is 5.41 Å². The van der Waals surface area contributed by atoms with Gasteiger partial charge in [-0.25, -0.2) is 12.8 Å². The van der Waals surface area contributed by atoms with E-state index in [0.717, 1.165) is 0 Å². The normalized spacial score (nSPS) is 21.5. The third-order valence-electron chi connectivity index (χ3n) is 4.21. The summed E-state index contributed by atoms with van der Waals surface area (Å²) in [7, 11) is -3.92. The second kappa shape index (κ2) is 5.59. The molecule has 0 amide bonds. The third-order valence-corrected chi connectivity index (χ3v) is 6.70. The van der Waals surface area contributed by atoms with E-state index in [1.165, 1.54) is 48.5 Å². The summed E-state index contributed by atoms with van der Waals surface area (Å²) in [6.07, 6.45) is 0. The molecule has 3 rings (SSSR count). The molecular formula is C17H10ClFN2O2S. The summed E-state index contributed by atoms with van der Waals surface area (Å²) in [5.41, 5.74) is -1.24. The van der Waals surface area contributed by atoms with Crippen molar-refractivity contribution in [3.8, 4) is 12.1 Å². The zero-order valence-corrected chi connectivity index (χ0v) is 13.7. The van der Waals surface area contributed by atoms with E-state index in [1.807, 2.05) is 12.1 Å². The summed E-state index contributed by atoms with van der Waals surface area (Å²) in [6, 6.07) is 14.4. The molecule has 0 aliphatic heterocycles. The van der Waals surface area contributed by atoms with Crippen molar-refractivity contribution in [1.82, 2.24) is 0 Å². The fourth-order valence-corrected chi connectivity index (χ4v) is 5.28. The van der Waals surface area contributed by atoms with Crippen molar-refractivity contribution < 1.29 is 12.8 Å². The molecule has 120 valence electrons. The number of hydrogen-bond acceptors (Lipinski definition) is 4. The lowest BCUT2D eigenvalue weighted by Gasteiger charge is -2.04. The van der Waals surface area contributed by atoms with Gasteiger partial charge in [0.25, 0.3) is 0 Å². The second-order valence-corrected chi connectivity index (χ2v) is 8.05. The second-order valence-electron chi connectivity index (χ2n) is 5.54. The van der Waals surface area contributed by atoms with Crippen LogP contribution in [0.5, 0.6) is 0 Å². The summed E-state index contributed by atoms with van der Waals surface area (Å²) in [6.45, 7) is 0. The van der Waals surface area contributed by atoms with E-state index >= 15 is 0 Å². The van der Waals surface area contributed by atoms with Gasteiger partial charge in [0.05, 0.1) is 17.0 Å². The van der Waals surface area contributed by atoms with Crippen LogP contribution < -0.4 is 0 Å². The molecule has 1 aliphatic rings. The Labute approximate surface area is 143 Å². The van der Waals surface area contributed by atoms with Gasteiger partial charge in [-0.05, 0) is 42.0 Å². The molecule has 24 heavy (non-hydrogen) atoms. The van der Waals surface area contributed by atoms with Crippen molar-refractivity contribution >= 4 is 21.4 Å². The summed E-state index contributed by atoms with van der Waals surface area (Å²) in [5, 5.41) is 18.0. The van der Waals surface area contributed by atoms with Crippen LogP contribution >= 0.6 is 11.6 Å². The number of benzene rings is 2. The lowest BCUT2D eigenvalue weighted by atomic mass is 10.0. The highest BCUT2D eigenvalue weighted by Crippen LogP contribution is 2.63. The minimum absolute atomic E-state index is 0.00335. The zero-order valence-electron chi connectivity index (χ0n) is 12.1. The van der Waals surface area contributed by atoms with E-state index in [2.05, 4.69) is 0 Å². The van der Waals surface area contributed by atoms with Crippen LogP contribution in [0.1, 0.15) is 11.5 Å². The minimum atomic E-state index is -3.92. The van der Waals surface area contributed by atoms with Crippen LogP contribution in [-0.2, 0) is 9.84 Å². The highest BCUT2D eigenvalue weighted by atomic mass is 35.5. The number of nitriles is 2. The predicted octanol–water partition coefficient (Wildman–Crippen LogP) is 3.45. The number of halogens is 2. The molecule has 0 heterocycles. The van der Waals surface area contributed by atoms with Crippen LogP contribution in [0.3, 0.4) is 0 Å². The Morgan fingerprint density at radius 3 is 2.04 bits per heavy atom. The molecule has 0 saturated heterocycles. The first kappa shape index (κ1) is 16.4. The fraction of sp³-hybridized carbons (Fsp3) is 0.176. The molecule has 2 unspecified atom stereocenters. The standard InChI is InChI=1S/C17H10ClFN2O2S/c18-12-3-7-14(8-4-12)24(22,23)16-15(17(16,9-20)10-21)11-1-5-13(19)6-2-11/h1-8,15-16H. The van der Waals surface area contributed by atoms with Crippen LogP contribution in [0.2, 0.25) is 5.02 Å². The molecule has 0 radical (unpaired) electrons. The molecule has 0 spiro atoms. The van der Waals surface area contributed by atoms with Crippen molar-refractivity contribution in [2.45, 2.75) is 16.1 Å². The Morgan fingerprint density at radius 1 is 1.00 bits per heavy atom. The Hall–Kier alpha value is -2.41. The van der Waals surface area contributed by atoms with E-state index in [9.17, 15) is 23.3 Å².